The standard InChI is InChI=1S/C14H17N3O3S/c15-11-8-12(10-14(9-11)21(16,18)19)17-6-7-20-13-4-2-1-3-5-13/h1-5,8-10,17H,6-7,15H2,(H2,16,18,19). The van der Waals surface area contributed by atoms with Crippen molar-refractivity contribution in [2.75, 3.05) is 24.2 Å². The molecule has 0 spiro atoms. The van der Waals surface area contributed by atoms with Gasteiger partial charge in [-0.05, 0) is 30.3 Å². The number of rotatable bonds is 6. The third-order valence-electron chi connectivity index (χ3n) is 2.70. The van der Waals surface area contributed by atoms with E-state index in [1.807, 2.05) is 30.3 Å². The van der Waals surface area contributed by atoms with Crippen molar-refractivity contribution >= 4 is 21.4 Å². The molecule has 0 heterocycles. The molecule has 0 aliphatic heterocycles. The molecule has 0 saturated carbocycles. The Balaban J connectivity index is 1.93. The van der Waals surface area contributed by atoms with Crippen LogP contribution in [-0.4, -0.2) is 21.6 Å². The van der Waals surface area contributed by atoms with Crippen LogP contribution in [0.3, 0.4) is 0 Å². The molecule has 21 heavy (non-hydrogen) atoms. The van der Waals surface area contributed by atoms with Gasteiger partial charge in [0.05, 0.1) is 4.90 Å². The molecule has 0 unspecified atom stereocenters. The van der Waals surface area contributed by atoms with Crippen LogP contribution in [0.1, 0.15) is 0 Å². The van der Waals surface area contributed by atoms with Crippen LogP contribution in [0.5, 0.6) is 5.75 Å². The normalized spacial score (nSPS) is 11.1. The SMILES string of the molecule is Nc1cc(NCCOc2ccccc2)cc(S(N)(=O)=O)c1. The number of sulfonamides is 1. The highest BCUT2D eigenvalue weighted by Crippen LogP contribution is 2.19. The quantitative estimate of drug-likeness (QED) is 0.552. The number of benzene rings is 2. The summed E-state index contributed by atoms with van der Waals surface area (Å²) in [6.45, 7) is 0.936. The maximum absolute atomic E-state index is 11.3. The molecule has 2 aromatic carbocycles. The molecule has 2 rings (SSSR count). The Bertz CT molecular complexity index is 703. The molecule has 0 amide bonds. The van der Waals surface area contributed by atoms with Crippen molar-refractivity contribution in [1.29, 1.82) is 0 Å². The zero-order chi connectivity index (χ0) is 15.3. The highest BCUT2D eigenvalue weighted by molar-refractivity contribution is 7.89. The lowest BCUT2D eigenvalue weighted by Gasteiger charge is -2.10. The summed E-state index contributed by atoms with van der Waals surface area (Å²) in [7, 11) is -3.77. The predicted octanol–water partition coefficient (Wildman–Crippen LogP) is 1.41. The van der Waals surface area contributed by atoms with E-state index in [0.29, 0.717) is 24.5 Å². The lowest BCUT2D eigenvalue weighted by atomic mass is 10.3. The molecule has 2 aromatic rings. The molecule has 0 aromatic heterocycles. The predicted molar refractivity (Wildman–Crippen MR) is 82.7 cm³/mol. The molecule has 0 aliphatic carbocycles. The summed E-state index contributed by atoms with van der Waals surface area (Å²) in [6, 6.07) is 13.8. The van der Waals surface area contributed by atoms with Crippen LogP contribution in [0.4, 0.5) is 11.4 Å². The minimum Gasteiger partial charge on any atom is -0.492 e. The second-order valence-electron chi connectivity index (χ2n) is 4.42. The summed E-state index contributed by atoms with van der Waals surface area (Å²) in [5.41, 5.74) is 6.57. The van der Waals surface area contributed by atoms with Crippen molar-refractivity contribution in [1.82, 2.24) is 0 Å². The number of hydrogen-bond donors (Lipinski definition) is 3. The van der Waals surface area contributed by atoms with Crippen molar-refractivity contribution in [3.63, 3.8) is 0 Å². The van der Waals surface area contributed by atoms with Crippen molar-refractivity contribution in [3.8, 4) is 5.75 Å². The van der Waals surface area contributed by atoms with E-state index in [0.717, 1.165) is 5.75 Å². The van der Waals surface area contributed by atoms with Crippen molar-refractivity contribution in [2.45, 2.75) is 4.90 Å². The Morgan fingerprint density at radius 1 is 1.10 bits per heavy atom. The minimum atomic E-state index is -3.77. The molecule has 0 saturated heterocycles. The summed E-state index contributed by atoms with van der Waals surface area (Å²) in [6.07, 6.45) is 0. The second kappa shape index (κ2) is 6.47. The lowest BCUT2D eigenvalue weighted by molar-refractivity contribution is 0.333. The average Bonchev–Trinajstić information content (AvgIpc) is 2.43. The van der Waals surface area contributed by atoms with E-state index < -0.39 is 10.0 Å². The van der Waals surface area contributed by atoms with E-state index in [4.69, 9.17) is 15.6 Å². The Morgan fingerprint density at radius 3 is 2.48 bits per heavy atom. The molecule has 0 bridgehead atoms. The van der Waals surface area contributed by atoms with E-state index in [9.17, 15) is 8.42 Å². The van der Waals surface area contributed by atoms with Gasteiger partial charge in [0.1, 0.15) is 12.4 Å². The van der Waals surface area contributed by atoms with Crippen LogP contribution in [-0.2, 0) is 10.0 Å². The molecular formula is C14H17N3O3S. The van der Waals surface area contributed by atoms with E-state index in [1.54, 1.807) is 6.07 Å². The monoisotopic (exact) mass is 307 g/mol. The number of hydrogen-bond acceptors (Lipinski definition) is 5. The van der Waals surface area contributed by atoms with Gasteiger partial charge in [0.2, 0.25) is 10.0 Å². The number of primary sulfonamides is 1. The smallest absolute Gasteiger partial charge is 0.238 e. The van der Waals surface area contributed by atoms with Crippen LogP contribution in [0, 0.1) is 0 Å². The Morgan fingerprint density at radius 2 is 1.81 bits per heavy atom. The van der Waals surface area contributed by atoms with Gasteiger partial charge in [0, 0.05) is 17.9 Å². The fourth-order valence-electron chi connectivity index (χ4n) is 1.77. The number of nitrogen functional groups attached to an aromatic ring is 1. The van der Waals surface area contributed by atoms with Crippen LogP contribution in [0.25, 0.3) is 0 Å². The number of nitrogens with one attached hydrogen (secondary N) is 1. The van der Waals surface area contributed by atoms with Gasteiger partial charge in [-0.25, -0.2) is 13.6 Å². The topological polar surface area (TPSA) is 107 Å². The van der Waals surface area contributed by atoms with Crippen LogP contribution >= 0.6 is 0 Å². The van der Waals surface area contributed by atoms with E-state index >= 15 is 0 Å². The second-order valence-corrected chi connectivity index (χ2v) is 5.99. The van der Waals surface area contributed by atoms with E-state index in [-0.39, 0.29) is 4.90 Å². The van der Waals surface area contributed by atoms with Gasteiger partial charge in [-0.1, -0.05) is 18.2 Å². The summed E-state index contributed by atoms with van der Waals surface area (Å²) in [5.74, 6) is 0.775. The highest BCUT2D eigenvalue weighted by atomic mass is 32.2. The Labute approximate surface area is 123 Å². The number of nitrogens with two attached hydrogens (primary N) is 2. The van der Waals surface area contributed by atoms with Crippen molar-refractivity contribution in [3.05, 3.63) is 48.5 Å². The summed E-state index contributed by atoms with van der Waals surface area (Å²) in [5, 5.41) is 8.13. The minimum absolute atomic E-state index is 0.0195. The molecule has 0 fully saturated rings. The highest BCUT2D eigenvalue weighted by Gasteiger charge is 2.09. The molecule has 112 valence electrons. The van der Waals surface area contributed by atoms with Gasteiger partial charge in [0.25, 0.3) is 0 Å². The van der Waals surface area contributed by atoms with Crippen molar-refractivity contribution in [2.24, 2.45) is 5.14 Å². The zero-order valence-corrected chi connectivity index (χ0v) is 12.1. The fourth-order valence-corrected chi connectivity index (χ4v) is 2.36. The van der Waals surface area contributed by atoms with E-state index in [2.05, 4.69) is 5.32 Å². The summed E-state index contributed by atoms with van der Waals surface area (Å²) >= 11 is 0. The molecule has 0 aliphatic rings. The molecular weight excluding hydrogens is 290 g/mol. The lowest BCUT2D eigenvalue weighted by Crippen LogP contribution is -2.15. The zero-order valence-electron chi connectivity index (χ0n) is 11.3. The maximum Gasteiger partial charge on any atom is 0.238 e. The van der Waals surface area contributed by atoms with Gasteiger partial charge in [-0.2, -0.15) is 0 Å². The van der Waals surface area contributed by atoms with Gasteiger partial charge in [-0.15, -0.1) is 0 Å². The largest absolute Gasteiger partial charge is 0.492 e. The molecule has 5 N–H and O–H groups in total. The molecule has 0 radical (unpaired) electrons. The van der Waals surface area contributed by atoms with Crippen LogP contribution in [0.2, 0.25) is 0 Å². The van der Waals surface area contributed by atoms with Crippen LogP contribution in [0.15, 0.2) is 53.4 Å². The van der Waals surface area contributed by atoms with E-state index in [1.165, 1.54) is 12.1 Å². The number of ether oxygens (including phenoxy) is 1. The first-order valence-corrected chi connectivity index (χ1v) is 7.85. The third kappa shape index (κ3) is 4.66. The van der Waals surface area contributed by atoms with Crippen molar-refractivity contribution < 1.29 is 13.2 Å². The first-order valence-electron chi connectivity index (χ1n) is 6.30. The van der Waals surface area contributed by atoms with Gasteiger partial charge >= 0.3 is 0 Å². The summed E-state index contributed by atoms with van der Waals surface area (Å²) in [4.78, 5) is -0.0195. The first kappa shape index (κ1) is 15.1. The third-order valence-corrected chi connectivity index (χ3v) is 3.59. The first-order chi connectivity index (χ1) is 9.95. The number of anilines is 2. The Kier molecular flexibility index (Phi) is 4.66. The summed E-state index contributed by atoms with van der Waals surface area (Å²) < 4.78 is 28.2. The molecule has 0 atom stereocenters. The van der Waals surface area contributed by atoms with Crippen LogP contribution < -0.4 is 20.9 Å². The maximum atomic E-state index is 11.3. The Hall–Kier alpha value is -2.25. The molecule has 7 heteroatoms. The molecule has 6 nitrogen and oxygen atoms in total. The van der Waals surface area contributed by atoms with Gasteiger partial charge < -0.3 is 15.8 Å². The fraction of sp³-hybridized carbons (Fsp3) is 0.143. The van der Waals surface area contributed by atoms with Gasteiger partial charge in [0.15, 0.2) is 0 Å². The van der Waals surface area contributed by atoms with Gasteiger partial charge in [-0.3, -0.25) is 0 Å². The number of para-hydroxylation sites is 1. The average molecular weight is 307 g/mol.